The van der Waals surface area contributed by atoms with Crippen LogP contribution in [0.2, 0.25) is 5.02 Å². The van der Waals surface area contributed by atoms with Crippen LogP contribution < -0.4 is 14.2 Å². The molecule has 10 heteroatoms. The molecule has 1 N–H and O–H groups in total. The predicted octanol–water partition coefficient (Wildman–Crippen LogP) is 4.18. The van der Waals surface area contributed by atoms with Crippen molar-refractivity contribution in [1.82, 2.24) is 0 Å². The third-order valence-corrected chi connectivity index (χ3v) is 4.85. The molecule has 136 valence electrons. The number of alkyl halides is 3. The van der Waals surface area contributed by atoms with Crippen LogP contribution in [-0.4, -0.2) is 22.6 Å². The number of halogens is 4. The zero-order chi connectivity index (χ0) is 18.8. The Hall–Kier alpha value is -2.13. The van der Waals surface area contributed by atoms with E-state index >= 15 is 0 Å². The quantitative estimate of drug-likeness (QED) is 0.825. The Morgan fingerprint density at radius 2 is 1.68 bits per heavy atom. The van der Waals surface area contributed by atoms with Crippen molar-refractivity contribution in [3.63, 3.8) is 0 Å². The van der Waals surface area contributed by atoms with Crippen molar-refractivity contribution >= 4 is 27.3 Å². The van der Waals surface area contributed by atoms with E-state index in [1.54, 1.807) is 0 Å². The number of hydrogen-bond donors (Lipinski definition) is 1. The normalized spacial score (nSPS) is 11.9. The summed E-state index contributed by atoms with van der Waals surface area (Å²) in [5, 5.41) is 0.102. The molecule has 5 nitrogen and oxygen atoms in total. The van der Waals surface area contributed by atoms with Crippen LogP contribution in [0.15, 0.2) is 41.3 Å². The van der Waals surface area contributed by atoms with E-state index in [-0.39, 0.29) is 22.2 Å². The van der Waals surface area contributed by atoms with Gasteiger partial charge in [-0.3, -0.25) is 4.72 Å². The van der Waals surface area contributed by atoms with Gasteiger partial charge < -0.3 is 9.47 Å². The number of nitrogens with one attached hydrogen (secondary N) is 1. The molecule has 0 radical (unpaired) electrons. The van der Waals surface area contributed by atoms with Crippen molar-refractivity contribution in [3.05, 3.63) is 47.0 Å². The van der Waals surface area contributed by atoms with Crippen molar-refractivity contribution in [2.45, 2.75) is 11.1 Å². The first kappa shape index (κ1) is 19.2. The standard InChI is InChI=1S/C15H13ClF3NO4S/c1-23-13-8-14(24-2)12(7-11(13)16)20-25(21,22)10-5-3-4-9(6-10)15(17,18)19/h3-8,20H,1-2H3. The number of ether oxygens (including phenoxy) is 2. The molecule has 2 aromatic rings. The van der Waals surface area contributed by atoms with Gasteiger partial charge >= 0.3 is 6.18 Å². The van der Waals surface area contributed by atoms with Crippen LogP contribution in [0, 0.1) is 0 Å². The van der Waals surface area contributed by atoms with Gasteiger partial charge in [0.15, 0.2) is 0 Å². The highest BCUT2D eigenvalue weighted by molar-refractivity contribution is 7.92. The molecule has 0 aliphatic heterocycles. The van der Waals surface area contributed by atoms with Gasteiger partial charge in [-0.15, -0.1) is 0 Å². The smallest absolute Gasteiger partial charge is 0.416 e. The van der Waals surface area contributed by atoms with Crippen LogP contribution in [-0.2, 0) is 16.2 Å². The summed E-state index contributed by atoms with van der Waals surface area (Å²) in [5.41, 5.74) is -1.11. The zero-order valence-corrected chi connectivity index (χ0v) is 14.6. The molecule has 2 rings (SSSR count). The number of sulfonamides is 1. The Bertz CT molecular complexity index is 885. The van der Waals surface area contributed by atoms with Gasteiger partial charge in [0.1, 0.15) is 11.5 Å². The Labute approximate surface area is 147 Å². The second kappa shape index (κ2) is 7.01. The maximum Gasteiger partial charge on any atom is 0.416 e. The molecule has 0 aliphatic rings. The highest BCUT2D eigenvalue weighted by Gasteiger charge is 2.31. The Balaban J connectivity index is 2.45. The van der Waals surface area contributed by atoms with E-state index in [4.69, 9.17) is 21.1 Å². The molecular weight excluding hydrogens is 383 g/mol. The molecule has 0 aliphatic carbocycles. The van der Waals surface area contributed by atoms with Gasteiger partial charge in [0.25, 0.3) is 10.0 Å². The lowest BCUT2D eigenvalue weighted by molar-refractivity contribution is -0.137. The first-order chi connectivity index (χ1) is 11.6. The fourth-order valence-corrected chi connectivity index (χ4v) is 3.33. The highest BCUT2D eigenvalue weighted by Crippen LogP contribution is 2.37. The molecule has 0 saturated carbocycles. The lowest BCUT2D eigenvalue weighted by Crippen LogP contribution is -2.15. The number of benzene rings is 2. The van der Waals surface area contributed by atoms with E-state index in [9.17, 15) is 21.6 Å². The molecule has 25 heavy (non-hydrogen) atoms. The van der Waals surface area contributed by atoms with Crippen LogP contribution in [0.4, 0.5) is 18.9 Å². The highest BCUT2D eigenvalue weighted by atomic mass is 35.5. The van der Waals surface area contributed by atoms with E-state index in [0.717, 1.165) is 18.2 Å². The summed E-state index contributed by atoms with van der Waals surface area (Å²) in [6, 6.07) is 5.98. The van der Waals surface area contributed by atoms with Crippen LogP contribution in [0.25, 0.3) is 0 Å². The van der Waals surface area contributed by atoms with Crippen LogP contribution >= 0.6 is 11.6 Å². The summed E-state index contributed by atoms with van der Waals surface area (Å²) >= 11 is 5.95. The van der Waals surface area contributed by atoms with Crippen LogP contribution in [0.3, 0.4) is 0 Å². The summed E-state index contributed by atoms with van der Waals surface area (Å²) in [7, 11) is -1.63. The minimum atomic E-state index is -4.66. The molecule has 0 saturated heterocycles. The monoisotopic (exact) mass is 395 g/mol. The fourth-order valence-electron chi connectivity index (χ4n) is 1.98. The molecule has 2 aromatic carbocycles. The maximum atomic E-state index is 12.8. The molecule has 0 bridgehead atoms. The molecule has 0 fully saturated rings. The second-order valence-electron chi connectivity index (χ2n) is 4.82. The average molecular weight is 396 g/mol. The first-order valence-corrected chi connectivity index (χ1v) is 8.56. The van der Waals surface area contributed by atoms with E-state index in [2.05, 4.69) is 4.72 Å². The minimum Gasteiger partial charge on any atom is -0.495 e. The lowest BCUT2D eigenvalue weighted by atomic mass is 10.2. The number of hydrogen-bond acceptors (Lipinski definition) is 4. The van der Waals surface area contributed by atoms with Crippen molar-refractivity contribution < 1.29 is 31.1 Å². The zero-order valence-electron chi connectivity index (χ0n) is 13.0. The molecule has 0 heterocycles. The van der Waals surface area contributed by atoms with Gasteiger partial charge in [-0.05, 0) is 24.3 Å². The molecular formula is C15H13ClF3NO4S. The molecule has 0 amide bonds. The summed E-state index contributed by atoms with van der Waals surface area (Å²) in [6.07, 6.45) is -4.66. The maximum absolute atomic E-state index is 12.8. The number of anilines is 1. The third-order valence-electron chi connectivity index (χ3n) is 3.19. The fraction of sp³-hybridized carbons (Fsp3) is 0.200. The van der Waals surface area contributed by atoms with Gasteiger partial charge in [-0.2, -0.15) is 13.2 Å². The van der Waals surface area contributed by atoms with Gasteiger partial charge in [0.05, 0.1) is 35.4 Å². The second-order valence-corrected chi connectivity index (χ2v) is 6.91. The largest absolute Gasteiger partial charge is 0.495 e. The van der Waals surface area contributed by atoms with Crippen LogP contribution in [0.5, 0.6) is 11.5 Å². The van der Waals surface area contributed by atoms with Crippen molar-refractivity contribution in [3.8, 4) is 11.5 Å². The summed E-state index contributed by atoms with van der Waals surface area (Å²) in [6.45, 7) is 0. The van der Waals surface area contributed by atoms with Gasteiger partial charge in [-0.25, -0.2) is 8.42 Å². The Morgan fingerprint density at radius 3 is 2.24 bits per heavy atom. The van der Waals surface area contributed by atoms with E-state index in [0.29, 0.717) is 6.07 Å². The van der Waals surface area contributed by atoms with Gasteiger partial charge in [-0.1, -0.05) is 17.7 Å². The number of methoxy groups -OCH3 is 2. The van der Waals surface area contributed by atoms with Crippen molar-refractivity contribution in [2.24, 2.45) is 0 Å². The van der Waals surface area contributed by atoms with Crippen molar-refractivity contribution in [1.29, 1.82) is 0 Å². The Morgan fingerprint density at radius 1 is 1.04 bits per heavy atom. The topological polar surface area (TPSA) is 64.6 Å². The summed E-state index contributed by atoms with van der Waals surface area (Å²) in [5.74, 6) is 0.345. The predicted molar refractivity (Wildman–Crippen MR) is 86.8 cm³/mol. The van der Waals surface area contributed by atoms with Crippen LogP contribution in [0.1, 0.15) is 5.56 Å². The summed E-state index contributed by atoms with van der Waals surface area (Å²) in [4.78, 5) is -0.545. The molecule has 0 atom stereocenters. The molecule has 0 spiro atoms. The van der Waals surface area contributed by atoms with Gasteiger partial charge in [0, 0.05) is 6.07 Å². The molecule has 0 unspecified atom stereocenters. The Kier molecular flexibility index (Phi) is 5.38. The minimum absolute atomic E-state index is 0.0364. The SMILES string of the molecule is COc1cc(OC)c(NS(=O)(=O)c2cccc(C(F)(F)F)c2)cc1Cl. The third kappa shape index (κ3) is 4.29. The van der Waals surface area contributed by atoms with E-state index in [1.165, 1.54) is 26.4 Å². The molecule has 0 aromatic heterocycles. The lowest BCUT2D eigenvalue weighted by Gasteiger charge is -2.15. The summed E-state index contributed by atoms with van der Waals surface area (Å²) < 4.78 is 75.3. The van der Waals surface area contributed by atoms with Crippen molar-refractivity contribution in [2.75, 3.05) is 18.9 Å². The van der Waals surface area contributed by atoms with E-state index in [1.807, 2.05) is 0 Å². The number of rotatable bonds is 5. The van der Waals surface area contributed by atoms with E-state index < -0.39 is 26.7 Å². The van der Waals surface area contributed by atoms with Gasteiger partial charge in [0.2, 0.25) is 0 Å². The average Bonchev–Trinajstić information content (AvgIpc) is 2.54. The first-order valence-electron chi connectivity index (χ1n) is 6.70.